The maximum absolute atomic E-state index is 11.7. The Morgan fingerprint density at radius 2 is 2.12 bits per heavy atom. The van der Waals surface area contributed by atoms with Gasteiger partial charge in [0.15, 0.2) is 0 Å². The molecule has 2 amide bonds. The molecule has 1 spiro atoms. The average Bonchev–Trinajstić information content (AvgIpc) is 2.60. The molecule has 90 valence electrons. The predicted molar refractivity (Wildman–Crippen MR) is 60.8 cm³/mol. The summed E-state index contributed by atoms with van der Waals surface area (Å²) in [7, 11) is 0. The Morgan fingerprint density at radius 3 is 2.69 bits per heavy atom. The van der Waals surface area contributed by atoms with Crippen LogP contribution in [0.15, 0.2) is 0 Å². The van der Waals surface area contributed by atoms with Crippen LogP contribution in [0.2, 0.25) is 0 Å². The molecule has 1 heterocycles. The number of likely N-dealkylation sites (tertiary alicyclic amines) is 1. The Hall–Kier alpha value is -1.06. The third-order valence-corrected chi connectivity index (χ3v) is 4.21. The van der Waals surface area contributed by atoms with Crippen molar-refractivity contribution in [1.29, 1.82) is 0 Å². The molecule has 1 aliphatic carbocycles. The molecule has 2 fully saturated rings. The van der Waals surface area contributed by atoms with Gasteiger partial charge in [-0.2, -0.15) is 0 Å². The van der Waals surface area contributed by atoms with Crippen LogP contribution >= 0.6 is 0 Å². The van der Waals surface area contributed by atoms with Crippen LogP contribution in [0.4, 0.5) is 0 Å². The standard InChI is InChI=1S/C12H20N2O2/c1-2-14-11(16)5-8-12(14)6-3-10(4-7-12)13-9-15/h9-10H,2-8H2,1H3,(H,13,15). The number of nitrogens with one attached hydrogen (secondary N) is 1. The molecule has 4 heteroatoms. The fourth-order valence-electron chi connectivity index (χ4n) is 3.32. The fourth-order valence-corrected chi connectivity index (χ4v) is 3.32. The highest BCUT2D eigenvalue weighted by molar-refractivity contribution is 5.79. The summed E-state index contributed by atoms with van der Waals surface area (Å²) in [5.41, 5.74) is 0.118. The summed E-state index contributed by atoms with van der Waals surface area (Å²) in [5, 5.41) is 2.85. The summed E-state index contributed by atoms with van der Waals surface area (Å²) in [6, 6.07) is 0.317. The first-order valence-corrected chi connectivity index (χ1v) is 6.22. The minimum atomic E-state index is 0.118. The second kappa shape index (κ2) is 4.44. The molecular formula is C12H20N2O2. The molecule has 0 atom stereocenters. The topological polar surface area (TPSA) is 49.4 Å². The lowest BCUT2D eigenvalue weighted by atomic mass is 9.77. The van der Waals surface area contributed by atoms with Gasteiger partial charge in [0.25, 0.3) is 0 Å². The third-order valence-electron chi connectivity index (χ3n) is 4.21. The summed E-state index contributed by atoms with van der Waals surface area (Å²) >= 11 is 0. The van der Waals surface area contributed by atoms with E-state index < -0.39 is 0 Å². The van der Waals surface area contributed by atoms with E-state index in [9.17, 15) is 9.59 Å². The minimum Gasteiger partial charge on any atom is -0.356 e. The largest absolute Gasteiger partial charge is 0.356 e. The maximum Gasteiger partial charge on any atom is 0.223 e. The quantitative estimate of drug-likeness (QED) is 0.729. The molecule has 0 aromatic carbocycles. The van der Waals surface area contributed by atoms with Crippen LogP contribution in [-0.2, 0) is 9.59 Å². The van der Waals surface area contributed by atoms with Crippen molar-refractivity contribution in [3.63, 3.8) is 0 Å². The zero-order valence-electron chi connectivity index (χ0n) is 9.87. The van der Waals surface area contributed by atoms with Crippen molar-refractivity contribution >= 4 is 12.3 Å². The highest BCUT2D eigenvalue weighted by Gasteiger charge is 2.46. The number of hydrogen-bond donors (Lipinski definition) is 1. The molecule has 16 heavy (non-hydrogen) atoms. The molecule has 0 unspecified atom stereocenters. The summed E-state index contributed by atoms with van der Waals surface area (Å²) in [6.07, 6.45) is 6.59. The molecule has 1 aliphatic heterocycles. The molecule has 0 aromatic heterocycles. The van der Waals surface area contributed by atoms with Gasteiger partial charge < -0.3 is 10.2 Å². The van der Waals surface area contributed by atoms with Gasteiger partial charge in [0.05, 0.1) is 0 Å². The van der Waals surface area contributed by atoms with E-state index in [2.05, 4.69) is 17.1 Å². The Bertz CT molecular complexity index is 283. The van der Waals surface area contributed by atoms with Crippen LogP contribution < -0.4 is 5.32 Å². The maximum atomic E-state index is 11.7. The van der Waals surface area contributed by atoms with Crippen LogP contribution in [0, 0.1) is 0 Å². The fraction of sp³-hybridized carbons (Fsp3) is 0.833. The number of hydrogen-bond acceptors (Lipinski definition) is 2. The molecule has 4 nitrogen and oxygen atoms in total. The number of amides is 2. The van der Waals surface area contributed by atoms with E-state index in [0.717, 1.165) is 45.1 Å². The number of carbonyl (C=O) groups excluding carboxylic acids is 2. The normalized spacial score (nSPS) is 34.4. The Morgan fingerprint density at radius 1 is 1.44 bits per heavy atom. The Labute approximate surface area is 96.4 Å². The zero-order valence-corrected chi connectivity index (χ0v) is 9.87. The van der Waals surface area contributed by atoms with Crippen LogP contribution in [0.3, 0.4) is 0 Å². The van der Waals surface area contributed by atoms with Crippen molar-refractivity contribution in [2.24, 2.45) is 0 Å². The minimum absolute atomic E-state index is 0.118. The van der Waals surface area contributed by atoms with Crippen LogP contribution in [0.25, 0.3) is 0 Å². The second-order valence-electron chi connectivity index (χ2n) is 4.92. The van der Waals surface area contributed by atoms with Gasteiger partial charge in [-0.1, -0.05) is 0 Å². The monoisotopic (exact) mass is 224 g/mol. The molecule has 0 bridgehead atoms. The van der Waals surface area contributed by atoms with E-state index in [0.29, 0.717) is 18.4 Å². The molecule has 0 radical (unpaired) electrons. The Balaban J connectivity index is 2.00. The van der Waals surface area contributed by atoms with E-state index in [1.54, 1.807) is 0 Å². The van der Waals surface area contributed by atoms with Crippen molar-refractivity contribution in [3.8, 4) is 0 Å². The van der Waals surface area contributed by atoms with Crippen LogP contribution in [-0.4, -0.2) is 35.3 Å². The van der Waals surface area contributed by atoms with Gasteiger partial charge >= 0.3 is 0 Å². The summed E-state index contributed by atoms with van der Waals surface area (Å²) in [4.78, 5) is 24.2. The van der Waals surface area contributed by atoms with Gasteiger partial charge in [0.1, 0.15) is 0 Å². The van der Waals surface area contributed by atoms with Crippen LogP contribution in [0.1, 0.15) is 45.4 Å². The van der Waals surface area contributed by atoms with Gasteiger partial charge in [0.2, 0.25) is 12.3 Å². The lowest BCUT2D eigenvalue weighted by Gasteiger charge is -2.43. The number of carbonyl (C=O) groups is 2. The first-order valence-electron chi connectivity index (χ1n) is 6.22. The van der Waals surface area contributed by atoms with E-state index >= 15 is 0 Å². The molecule has 1 N–H and O–H groups in total. The van der Waals surface area contributed by atoms with Gasteiger partial charge in [-0.15, -0.1) is 0 Å². The van der Waals surface area contributed by atoms with Crippen molar-refractivity contribution in [1.82, 2.24) is 10.2 Å². The highest BCUT2D eigenvalue weighted by atomic mass is 16.2. The van der Waals surface area contributed by atoms with Crippen molar-refractivity contribution in [3.05, 3.63) is 0 Å². The smallest absolute Gasteiger partial charge is 0.223 e. The number of rotatable bonds is 3. The van der Waals surface area contributed by atoms with Gasteiger partial charge in [-0.25, -0.2) is 0 Å². The van der Waals surface area contributed by atoms with Gasteiger partial charge in [-0.3, -0.25) is 9.59 Å². The predicted octanol–water partition coefficient (Wildman–Crippen LogP) is 1.06. The van der Waals surface area contributed by atoms with Gasteiger partial charge in [-0.05, 0) is 39.0 Å². The van der Waals surface area contributed by atoms with Gasteiger partial charge in [0, 0.05) is 24.5 Å². The lowest BCUT2D eigenvalue weighted by molar-refractivity contribution is -0.132. The second-order valence-corrected chi connectivity index (χ2v) is 4.92. The number of nitrogens with zero attached hydrogens (tertiary/aromatic N) is 1. The average molecular weight is 224 g/mol. The van der Waals surface area contributed by atoms with Crippen molar-refractivity contribution < 1.29 is 9.59 Å². The first kappa shape index (κ1) is 11.4. The Kier molecular flexibility index (Phi) is 3.17. The van der Waals surface area contributed by atoms with E-state index in [-0.39, 0.29) is 5.54 Å². The molecule has 2 aliphatic rings. The van der Waals surface area contributed by atoms with Crippen LogP contribution in [0.5, 0.6) is 0 Å². The molecule has 1 saturated heterocycles. The SMILES string of the molecule is CCN1C(=O)CCC12CCC(NC=O)CC2. The lowest BCUT2D eigenvalue weighted by Crippen LogP contribution is -2.50. The van der Waals surface area contributed by atoms with Crippen molar-refractivity contribution in [2.75, 3.05) is 6.54 Å². The van der Waals surface area contributed by atoms with Crippen molar-refractivity contribution in [2.45, 2.75) is 57.0 Å². The van der Waals surface area contributed by atoms with E-state index in [1.165, 1.54) is 0 Å². The van der Waals surface area contributed by atoms with E-state index in [4.69, 9.17) is 0 Å². The summed E-state index contributed by atoms with van der Waals surface area (Å²) in [6.45, 7) is 2.88. The molecular weight excluding hydrogens is 204 g/mol. The highest BCUT2D eigenvalue weighted by Crippen LogP contribution is 2.41. The summed E-state index contributed by atoms with van der Waals surface area (Å²) < 4.78 is 0. The third kappa shape index (κ3) is 1.81. The zero-order chi connectivity index (χ0) is 11.6. The van der Waals surface area contributed by atoms with E-state index in [1.807, 2.05) is 0 Å². The molecule has 1 saturated carbocycles. The first-order chi connectivity index (χ1) is 7.72. The molecule has 2 rings (SSSR count). The summed E-state index contributed by atoms with van der Waals surface area (Å²) in [5.74, 6) is 0.310. The molecule has 0 aromatic rings.